The van der Waals surface area contributed by atoms with Gasteiger partial charge in [-0.3, -0.25) is 9.80 Å². The summed E-state index contributed by atoms with van der Waals surface area (Å²) in [6, 6.07) is 4.48. The smallest absolute Gasteiger partial charge is 0.416 e. The largest absolute Gasteiger partial charge is 0.443 e. The minimum Gasteiger partial charge on any atom is -0.443 e. The lowest BCUT2D eigenvalue weighted by Gasteiger charge is -2.27. The van der Waals surface area contributed by atoms with Crippen LogP contribution < -0.4 is 4.90 Å². The first kappa shape index (κ1) is 18.7. The van der Waals surface area contributed by atoms with Crippen LogP contribution in [0.2, 0.25) is 0 Å². The maximum atomic E-state index is 12.5. The zero-order chi connectivity index (χ0) is 17.7. The van der Waals surface area contributed by atoms with E-state index in [1.54, 1.807) is 4.90 Å². The lowest BCUT2D eigenvalue weighted by Crippen LogP contribution is -2.38. The third-order valence-electron chi connectivity index (χ3n) is 4.30. The van der Waals surface area contributed by atoms with Gasteiger partial charge in [-0.2, -0.15) is 0 Å². The van der Waals surface area contributed by atoms with Gasteiger partial charge in [-0.15, -0.1) is 0 Å². The van der Waals surface area contributed by atoms with Gasteiger partial charge in [0.25, 0.3) is 0 Å². The Bertz CT molecular complexity index is 537. The third kappa shape index (κ3) is 4.94. The van der Waals surface area contributed by atoms with Gasteiger partial charge in [0.15, 0.2) is 0 Å². The molecule has 5 heteroatoms. The van der Waals surface area contributed by atoms with Gasteiger partial charge in [0, 0.05) is 18.8 Å². The fourth-order valence-corrected chi connectivity index (χ4v) is 3.02. The number of amides is 1. The molecule has 1 aliphatic heterocycles. The second-order valence-corrected chi connectivity index (χ2v) is 7.57. The average Bonchev–Trinajstić information content (AvgIpc) is 2.93. The molecule has 1 aromatic rings. The van der Waals surface area contributed by atoms with E-state index in [9.17, 15) is 4.79 Å². The van der Waals surface area contributed by atoms with Gasteiger partial charge in [0.05, 0.1) is 0 Å². The molecule has 1 aliphatic rings. The SMILES string of the molecule is CCCCN(C(=O)OC(C)(C)C)c1ccc([C@@H]2CCCN2C)cn1. The van der Waals surface area contributed by atoms with Gasteiger partial charge in [-0.05, 0) is 65.3 Å². The van der Waals surface area contributed by atoms with Crippen molar-refractivity contribution in [1.82, 2.24) is 9.88 Å². The third-order valence-corrected chi connectivity index (χ3v) is 4.30. The first-order valence-corrected chi connectivity index (χ1v) is 8.98. The van der Waals surface area contributed by atoms with Crippen LogP contribution in [0.5, 0.6) is 0 Å². The van der Waals surface area contributed by atoms with Gasteiger partial charge >= 0.3 is 6.09 Å². The highest BCUT2D eigenvalue weighted by Crippen LogP contribution is 2.30. The highest BCUT2D eigenvalue weighted by molar-refractivity contribution is 5.86. The summed E-state index contributed by atoms with van der Waals surface area (Å²) >= 11 is 0. The molecule has 0 bridgehead atoms. The fourth-order valence-electron chi connectivity index (χ4n) is 3.02. The minimum absolute atomic E-state index is 0.325. The summed E-state index contributed by atoms with van der Waals surface area (Å²) < 4.78 is 5.54. The number of carbonyl (C=O) groups is 1. The van der Waals surface area contributed by atoms with Crippen LogP contribution in [0.1, 0.15) is 65.0 Å². The molecule has 1 saturated heterocycles. The monoisotopic (exact) mass is 333 g/mol. The number of aromatic nitrogens is 1. The van der Waals surface area contributed by atoms with E-state index in [1.165, 1.54) is 18.4 Å². The van der Waals surface area contributed by atoms with Crippen molar-refractivity contribution < 1.29 is 9.53 Å². The molecule has 1 atom stereocenters. The molecule has 2 rings (SSSR count). The second-order valence-electron chi connectivity index (χ2n) is 7.57. The number of ether oxygens (including phenoxy) is 1. The molecule has 24 heavy (non-hydrogen) atoms. The lowest BCUT2D eigenvalue weighted by atomic mass is 10.1. The van der Waals surface area contributed by atoms with Crippen LogP contribution >= 0.6 is 0 Å². The van der Waals surface area contributed by atoms with Gasteiger partial charge in [0.1, 0.15) is 11.4 Å². The van der Waals surface area contributed by atoms with E-state index in [2.05, 4.69) is 29.9 Å². The minimum atomic E-state index is -0.506. The summed E-state index contributed by atoms with van der Waals surface area (Å²) in [6.45, 7) is 9.52. The summed E-state index contributed by atoms with van der Waals surface area (Å²) in [5, 5.41) is 0. The molecule has 1 fully saturated rings. The summed E-state index contributed by atoms with van der Waals surface area (Å²) in [5.41, 5.74) is 0.715. The summed E-state index contributed by atoms with van der Waals surface area (Å²) in [5.74, 6) is 0.669. The van der Waals surface area contributed by atoms with Crippen molar-refractivity contribution in [3.8, 4) is 0 Å². The molecule has 0 N–H and O–H groups in total. The van der Waals surface area contributed by atoms with E-state index < -0.39 is 5.60 Å². The Labute approximate surface area is 146 Å². The molecule has 0 aliphatic carbocycles. The van der Waals surface area contributed by atoms with Gasteiger partial charge in [-0.1, -0.05) is 19.4 Å². The number of nitrogens with zero attached hydrogens (tertiary/aromatic N) is 3. The summed E-state index contributed by atoms with van der Waals surface area (Å²) in [7, 11) is 2.15. The number of unbranched alkanes of at least 4 members (excludes halogenated alkanes) is 1. The predicted octanol–water partition coefficient (Wildman–Crippen LogP) is 4.39. The van der Waals surface area contributed by atoms with E-state index in [-0.39, 0.29) is 6.09 Å². The van der Waals surface area contributed by atoms with Crippen molar-refractivity contribution in [2.45, 2.75) is 65.0 Å². The van der Waals surface area contributed by atoms with Crippen LogP contribution in [0.15, 0.2) is 18.3 Å². The lowest BCUT2D eigenvalue weighted by molar-refractivity contribution is 0.0578. The van der Waals surface area contributed by atoms with Crippen molar-refractivity contribution in [2.75, 3.05) is 25.0 Å². The van der Waals surface area contributed by atoms with E-state index in [1.807, 2.05) is 33.0 Å². The molecule has 134 valence electrons. The van der Waals surface area contributed by atoms with Crippen LogP contribution in [0, 0.1) is 0 Å². The zero-order valence-corrected chi connectivity index (χ0v) is 15.7. The number of rotatable bonds is 5. The zero-order valence-electron chi connectivity index (χ0n) is 15.7. The van der Waals surface area contributed by atoms with Crippen LogP contribution in [-0.2, 0) is 4.74 Å². The Morgan fingerprint density at radius 3 is 2.67 bits per heavy atom. The first-order chi connectivity index (χ1) is 11.3. The van der Waals surface area contributed by atoms with Crippen molar-refractivity contribution in [3.05, 3.63) is 23.9 Å². The number of pyridine rings is 1. The Balaban J connectivity index is 2.15. The van der Waals surface area contributed by atoms with Gasteiger partial charge in [0.2, 0.25) is 0 Å². The molecule has 0 saturated carbocycles. The number of carbonyl (C=O) groups excluding carboxylic acids is 1. The molecule has 1 aromatic heterocycles. The molecule has 5 nitrogen and oxygen atoms in total. The quantitative estimate of drug-likeness (QED) is 0.801. The molecular weight excluding hydrogens is 302 g/mol. The van der Waals surface area contributed by atoms with Crippen LogP contribution in [0.4, 0.5) is 10.6 Å². The molecule has 0 unspecified atom stereocenters. The first-order valence-electron chi connectivity index (χ1n) is 8.98. The highest BCUT2D eigenvalue weighted by atomic mass is 16.6. The second kappa shape index (κ2) is 7.97. The van der Waals surface area contributed by atoms with E-state index in [0.717, 1.165) is 19.4 Å². The normalized spacial score (nSPS) is 18.6. The molecule has 1 amide bonds. The number of likely N-dealkylation sites (tertiary alicyclic amines) is 1. The molecule has 0 spiro atoms. The Morgan fingerprint density at radius 2 is 2.17 bits per heavy atom. The highest BCUT2D eigenvalue weighted by Gasteiger charge is 2.26. The number of hydrogen-bond acceptors (Lipinski definition) is 4. The van der Waals surface area contributed by atoms with Crippen molar-refractivity contribution in [3.63, 3.8) is 0 Å². The molecule has 2 heterocycles. The molecule has 0 radical (unpaired) electrons. The number of anilines is 1. The topological polar surface area (TPSA) is 45.7 Å². The van der Waals surface area contributed by atoms with Crippen molar-refractivity contribution in [1.29, 1.82) is 0 Å². The Morgan fingerprint density at radius 1 is 1.42 bits per heavy atom. The van der Waals surface area contributed by atoms with Crippen LogP contribution in [-0.4, -0.2) is 41.7 Å². The van der Waals surface area contributed by atoms with Crippen LogP contribution in [0.3, 0.4) is 0 Å². The average molecular weight is 333 g/mol. The van der Waals surface area contributed by atoms with Gasteiger partial charge in [-0.25, -0.2) is 9.78 Å². The van der Waals surface area contributed by atoms with Crippen LogP contribution in [0.25, 0.3) is 0 Å². The Hall–Kier alpha value is -1.62. The van der Waals surface area contributed by atoms with E-state index in [0.29, 0.717) is 18.4 Å². The summed E-state index contributed by atoms with van der Waals surface area (Å²) in [6.07, 6.45) is 5.92. The summed E-state index contributed by atoms with van der Waals surface area (Å²) in [4.78, 5) is 21.1. The van der Waals surface area contributed by atoms with Crippen molar-refractivity contribution >= 4 is 11.9 Å². The standard InChI is InChI=1S/C19H31N3O2/c1-6-7-13-22(18(23)24-19(2,3)4)17-11-10-15(14-20-17)16-9-8-12-21(16)5/h10-11,14,16H,6-9,12-13H2,1-5H3/t16-/m0/s1. The Kier molecular flexibility index (Phi) is 6.21. The van der Waals surface area contributed by atoms with E-state index in [4.69, 9.17) is 4.74 Å². The predicted molar refractivity (Wildman–Crippen MR) is 97.3 cm³/mol. The fraction of sp³-hybridized carbons (Fsp3) is 0.684. The van der Waals surface area contributed by atoms with Gasteiger partial charge < -0.3 is 4.74 Å². The maximum absolute atomic E-state index is 12.5. The van der Waals surface area contributed by atoms with E-state index >= 15 is 0 Å². The number of hydrogen-bond donors (Lipinski definition) is 0. The van der Waals surface area contributed by atoms with Crippen molar-refractivity contribution in [2.24, 2.45) is 0 Å². The molecule has 0 aromatic carbocycles. The molecular formula is C19H31N3O2. The maximum Gasteiger partial charge on any atom is 0.416 e.